The first-order valence-corrected chi connectivity index (χ1v) is 9.46. The number of aromatic nitrogens is 2. The molecule has 6 heteroatoms. The molecule has 1 amide bonds. The van der Waals surface area contributed by atoms with Gasteiger partial charge in [0.2, 0.25) is 17.6 Å². The minimum Gasteiger partial charge on any atom is -0.339 e. The summed E-state index contributed by atoms with van der Waals surface area (Å²) in [5.41, 5.74) is 4.34. The Kier molecular flexibility index (Phi) is 4.94. The molecule has 27 heavy (non-hydrogen) atoms. The average Bonchev–Trinajstić information content (AvgIpc) is 3.15. The van der Waals surface area contributed by atoms with Crippen molar-refractivity contribution in [2.75, 3.05) is 11.4 Å². The number of fused-ring (bicyclic) bond motifs is 1. The Morgan fingerprint density at radius 3 is 2.85 bits per heavy atom. The van der Waals surface area contributed by atoms with E-state index in [1.807, 2.05) is 23.1 Å². The molecule has 0 unspecified atom stereocenters. The van der Waals surface area contributed by atoms with E-state index in [2.05, 4.69) is 29.2 Å². The van der Waals surface area contributed by atoms with Gasteiger partial charge in [-0.3, -0.25) is 4.79 Å². The van der Waals surface area contributed by atoms with E-state index in [-0.39, 0.29) is 5.91 Å². The van der Waals surface area contributed by atoms with E-state index in [4.69, 9.17) is 16.1 Å². The zero-order chi connectivity index (χ0) is 18.8. The third kappa shape index (κ3) is 3.88. The highest BCUT2D eigenvalue weighted by Gasteiger charge is 2.23. The molecule has 1 aliphatic rings. The molecule has 0 aliphatic carbocycles. The molecule has 0 N–H and O–H groups in total. The summed E-state index contributed by atoms with van der Waals surface area (Å²) in [4.78, 5) is 19.0. The number of rotatable bonds is 4. The minimum atomic E-state index is 0.0889. The molecule has 4 rings (SSSR count). The second-order valence-electron chi connectivity index (χ2n) is 6.80. The van der Waals surface area contributed by atoms with Gasteiger partial charge in [0, 0.05) is 35.7 Å². The van der Waals surface area contributed by atoms with Crippen molar-refractivity contribution in [2.45, 2.75) is 32.6 Å². The third-order valence-electron chi connectivity index (χ3n) is 4.78. The normalized spacial score (nSPS) is 13.5. The molecule has 1 aliphatic heterocycles. The lowest BCUT2D eigenvalue weighted by Crippen LogP contribution is -2.35. The van der Waals surface area contributed by atoms with Crippen molar-refractivity contribution in [1.82, 2.24) is 10.1 Å². The van der Waals surface area contributed by atoms with Gasteiger partial charge in [0.1, 0.15) is 0 Å². The number of nitrogens with zero attached hydrogens (tertiary/aromatic N) is 3. The predicted molar refractivity (Wildman–Crippen MR) is 105 cm³/mol. The van der Waals surface area contributed by atoms with Crippen LogP contribution in [-0.2, 0) is 17.6 Å². The Morgan fingerprint density at radius 1 is 1.22 bits per heavy atom. The smallest absolute Gasteiger partial charge is 0.227 e. The number of carbonyl (C=O) groups excluding carboxylic acids is 1. The van der Waals surface area contributed by atoms with E-state index >= 15 is 0 Å². The first-order chi connectivity index (χ1) is 13.1. The summed E-state index contributed by atoms with van der Waals surface area (Å²) >= 11 is 5.90. The molecule has 5 nitrogen and oxygen atoms in total. The van der Waals surface area contributed by atoms with Crippen LogP contribution in [0.4, 0.5) is 5.69 Å². The van der Waals surface area contributed by atoms with Gasteiger partial charge in [-0.25, -0.2) is 0 Å². The van der Waals surface area contributed by atoms with Crippen molar-refractivity contribution in [2.24, 2.45) is 0 Å². The molecule has 1 aromatic heterocycles. The van der Waals surface area contributed by atoms with Crippen molar-refractivity contribution in [3.63, 3.8) is 0 Å². The predicted octanol–water partition coefficient (Wildman–Crippen LogP) is 4.61. The summed E-state index contributed by atoms with van der Waals surface area (Å²) < 4.78 is 5.31. The molecule has 0 bridgehead atoms. The monoisotopic (exact) mass is 381 g/mol. The first kappa shape index (κ1) is 17.7. The topological polar surface area (TPSA) is 59.2 Å². The van der Waals surface area contributed by atoms with Crippen LogP contribution in [0.2, 0.25) is 5.02 Å². The molecular formula is C21H20ClN3O2. The summed E-state index contributed by atoms with van der Waals surface area (Å²) in [6, 6.07) is 13.5. The van der Waals surface area contributed by atoms with Crippen molar-refractivity contribution in [3.8, 4) is 11.4 Å². The number of carbonyl (C=O) groups is 1. The van der Waals surface area contributed by atoms with Crippen molar-refractivity contribution >= 4 is 23.2 Å². The Hall–Kier alpha value is -2.66. The van der Waals surface area contributed by atoms with Gasteiger partial charge in [0.15, 0.2) is 0 Å². The van der Waals surface area contributed by atoms with E-state index in [1.165, 1.54) is 11.1 Å². The van der Waals surface area contributed by atoms with Crippen molar-refractivity contribution < 1.29 is 9.32 Å². The number of aryl methyl sites for hydroxylation is 3. The first-order valence-electron chi connectivity index (χ1n) is 9.08. The molecule has 0 radical (unpaired) electrons. The highest BCUT2D eigenvalue weighted by atomic mass is 35.5. The third-order valence-corrected chi connectivity index (χ3v) is 5.03. The summed E-state index contributed by atoms with van der Waals surface area (Å²) in [6.45, 7) is 2.84. The van der Waals surface area contributed by atoms with Gasteiger partial charge in [-0.15, -0.1) is 0 Å². The molecule has 3 aromatic rings. The van der Waals surface area contributed by atoms with Crippen molar-refractivity contribution in [3.05, 3.63) is 64.5 Å². The lowest BCUT2D eigenvalue weighted by molar-refractivity contribution is -0.118. The zero-order valence-electron chi connectivity index (χ0n) is 15.1. The van der Waals surface area contributed by atoms with Crippen LogP contribution in [0.3, 0.4) is 0 Å². The van der Waals surface area contributed by atoms with Gasteiger partial charge in [0.05, 0.1) is 0 Å². The van der Waals surface area contributed by atoms with Crippen LogP contribution in [-0.4, -0.2) is 22.6 Å². The summed E-state index contributed by atoms with van der Waals surface area (Å²) in [7, 11) is 0. The Balaban J connectivity index is 1.43. The number of hydrogen-bond donors (Lipinski definition) is 0. The maximum absolute atomic E-state index is 12.8. The van der Waals surface area contributed by atoms with Gasteiger partial charge in [-0.1, -0.05) is 34.5 Å². The van der Waals surface area contributed by atoms with E-state index in [9.17, 15) is 4.79 Å². The van der Waals surface area contributed by atoms with Gasteiger partial charge >= 0.3 is 0 Å². The highest BCUT2D eigenvalue weighted by molar-refractivity contribution is 6.30. The standard InChI is InChI=1S/C21H20ClN3O2/c1-14-4-9-18-16(13-14)3-2-12-25(18)20(26)11-10-19-23-21(24-27-19)15-5-7-17(22)8-6-15/h4-9,13H,2-3,10-12H2,1H3. The van der Waals surface area contributed by atoms with Crippen LogP contribution in [0.25, 0.3) is 11.4 Å². The van der Waals surface area contributed by atoms with Gasteiger partial charge in [-0.05, 0) is 55.7 Å². The Bertz CT molecular complexity index is 966. The van der Waals surface area contributed by atoms with Crippen LogP contribution >= 0.6 is 11.6 Å². The molecule has 2 aromatic carbocycles. The van der Waals surface area contributed by atoms with Crippen molar-refractivity contribution in [1.29, 1.82) is 0 Å². The summed E-state index contributed by atoms with van der Waals surface area (Å²) in [5, 5.41) is 4.66. The quantitative estimate of drug-likeness (QED) is 0.662. The summed E-state index contributed by atoms with van der Waals surface area (Å²) in [6.07, 6.45) is 2.78. The lowest BCUT2D eigenvalue weighted by atomic mass is 9.99. The molecule has 138 valence electrons. The van der Waals surface area contributed by atoms with Gasteiger partial charge < -0.3 is 9.42 Å². The summed E-state index contributed by atoms with van der Waals surface area (Å²) in [5.74, 6) is 1.06. The fourth-order valence-corrected chi connectivity index (χ4v) is 3.53. The van der Waals surface area contributed by atoms with E-state index in [1.54, 1.807) is 12.1 Å². The number of anilines is 1. The number of hydrogen-bond acceptors (Lipinski definition) is 4. The maximum atomic E-state index is 12.8. The second kappa shape index (κ2) is 7.53. The molecule has 0 spiro atoms. The molecule has 2 heterocycles. The van der Waals surface area contributed by atoms with E-state index in [0.717, 1.165) is 30.6 Å². The average molecular weight is 382 g/mol. The van der Waals surface area contributed by atoms with Gasteiger partial charge in [0.25, 0.3) is 0 Å². The van der Waals surface area contributed by atoms with Crippen LogP contribution < -0.4 is 4.90 Å². The SMILES string of the molecule is Cc1ccc2c(c1)CCCN2C(=O)CCc1nc(-c2ccc(Cl)cc2)no1. The van der Waals surface area contributed by atoms with Crippen LogP contribution in [0, 0.1) is 6.92 Å². The van der Waals surface area contributed by atoms with Crippen LogP contribution in [0.15, 0.2) is 47.0 Å². The Morgan fingerprint density at radius 2 is 2.04 bits per heavy atom. The Labute approximate surface area is 163 Å². The highest BCUT2D eigenvalue weighted by Crippen LogP contribution is 2.28. The molecule has 0 atom stereocenters. The molecule has 0 fully saturated rings. The number of amides is 1. The number of halogens is 1. The van der Waals surface area contributed by atoms with Crippen LogP contribution in [0.5, 0.6) is 0 Å². The lowest BCUT2D eigenvalue weighted by Gasteiger charge is -2.29. The second-order valence-corrected chi connectivity index (χ2v) is 7.24. The maximum Gasteiger partial charge on any atom is 0.227 e. The van der Waals surface area contributed by atoms with Crippen LogP contribution in [0.1, 0.15) is 29.9 Å². The van der Waals surface area contributed by atoms with E-state index < -0.39 is 0 Å². The molecular weight excluding hydrogens is 362 g/mol. The minimum absolute atomic E-state index is 0.0889. The fourth-order valence-electron chi connectivity index (χ4n) is 3.41. The molecule has 0 saturated heterocycles. The molecule has 0 saturated carbocycles. The van der Waals surface area contributed by atoms with E-state index in [0.29, 0.717) is 29.6 Å². The zero-order valence-corrected chi connectivity index (χ0v) is 15.9. The largest absolute Gasteiger partial charge is 0.339 e. The number of benzene rings is 2. The fraction of sp³-hybridized carbons (Fsp3) is 0.286. The van der Waals surface area contributed by atoms with Gasteiger partial charge in [-0.2, -0.15) is 4.98 Å².